The highest BCUT2D eigenvalue weighted by molar-refractivity contribution is 6.05. The Hall–Kier alpha value is -3.87. The Morgan fingerprint density at radius 3 is 2.13 bits per heavy atom. The van der Waals surface area contributed by atoms with Crippen molar-refractivity contribution < 1.29 is 19.0 Å². The van der Waals surface area contributed by atoms with Gasteiger partial charge in [0.05, 0.1) is 32.7 Å². The summed E-state index contributed by atoms with van der Waals surface area (Å²) in [6, 6.07) is 18.0. The van der Waals surface area contributed by atoms with Crippen molar-refractivity contribution in [3.8, 4) is 17.2 Å². The fourth-order valence-electron chi connectivity index (χ4n) is 2.97. The van der Waals surface area contributed by atoms with Crippen molar-refractivity contribution in [2.75, 3.05) is 37.7 Å². The van der Waals surface area contributed by atoms with Gasteiger partial charge in [0.1, 0.15) is 5.75 Å². The van der Waals surface area contributed by atoms with Crippen LogP contribution in [0.15, 0.2) is 60.7 Å². The van der Waals surface area contributed by atoms with Gasteiger partial charge in [-0.3, -0.25) is 4.79 Å². The SMILES string of the molecule is COc1cc(OC)c(OC)cc1CNc1ccc(C(=O)Nc2ccccc2N)cc1. The van der Waals surface area contributed by atoms with Crippen LogP contribution in [0.2, 0.25) is 0 Å². The largest absolute Gasteiger partial charge is 0.496 e. The van der Waals surface area contributed by atoms with Gasteiger partial charge < -0.3 is 30.6 Å². The maximum atomic E-state index is 12.4. The van der Waals surface area contributed by atoms with Gasteiger partial charge in [-0.25, -0.2) is 0 Å². The van der Waals surface area contributed by atoms with Crippen LogP contribution in [0.3, 0.4) is 0 Å². The molecular formula is C23H25N3O4. The number of para-hydroxylation sites is 2. The number of nitrogens with one attached hydrogen (secondary N) is 2. The minimum Gasteiger partial charge on any atom is -0.496 e. The molecule has 0 fully saturated rings. The van der Waals surface area contributed by atoms with E-state index in [9.17, 15) is 4.79 Å². The normalized spacial score (nSPS) is 10.2. The standard InChI is InChI=1S/C23H25N3O4/c1-28-20-13-22(30-3)21(29-2)12-16(20)14-25-17-10-8-15(9-11-17)23(27)26-19-7-5-4-6-18(19)24/h4-13,25H,14,24H2,1-3H3,(H,26,27). The minimum absolute atomic E-state index is 0.221. The second-order valence-electron chi connectivity index (χ2n) is 6.49. The first kappa shape index (κ1) is 20.9. The average Bonchev–Trinajstić information content (AvgIpc) is 2.78. The first-order valence-corrected chi connectivity index (χ1v) is 9.34. The Labute approximate surface area is 175 Å². The molecule has 3 rings (SSSR count). The number of carbonyl (C=O) groups is 1. The first-order chi connectivity index (χ1) is 14.5. The summed E-state index contributed by atoms with van der Waals surface area (Å²) in [5, 5.41) is 6.14. The summed E-state index contributed by atoms with van der Waals surface area (Å²) < 4.78 is 16.1. The Bertz CT molecular complexity index is 1020. The van der Waals surface area contributed by atoms with E-state index in [1.165, 1.54) is 0 Å². The van der Waals surface area contributed by atoms with Crippen LogP contribution in [-0.2, 0) is 6.54 Å². The zero-order valence-corrected chi connectivity index (χ0v) is 17.2. The van der Waals surface area contributed by atoms with Gasteiger partial charge in [0.25, 0.3) is 5.91 Å². The number of methoxy groups -OCH3 is 3. The number of amides is 1. The Morgan fingerprint density at radius 1 is 0.867 bits per heavy atom. The number of benzene rings is 3. The second kappa shape index (κ2) is 9.56. The summed E-state index contributed by atoms with van der Waals surface area (Å²) in [5.41, 5.74) is 9.30. The lowest BCUT2D eigenvalue weighted by Crippen LogP contribution is -2.13. The van der Waals surface area contributed by atoms with E-state index in [1.807, 2.05) is 30.3 Å². The molecule has 0 saturated heterocycles. The van der Waals surface area contributed by atoms with E-state index < -0.39 is 0 Å². The molecule has 0 heterocycles. The Kier molecular flexibility index (Phi) is 6.64. The highest BCUT2D eigenvalue weighted by Crippen LogP contribution is 2.35. The molecular weight excluding hydrogens is 382 g/mol. The maximum absolute atomic E-state index is 12.4. The van der Waals surface area contributed by atoms with Crippen molar-refractivity contribution in [2.24, 2.45) is 0 Å². The molecule has 0 atom stereocenters. The van der Waals surface area contributed by atoms with Crippen molar-refractivity contribution in [1.29, 1.82) is 0 Å². The van der Waals surface area contributed by atoms with Crippen molar-refractivity contribution in [3.63, 3.8) is 0 Å². The fraction of sp³-hybridized carbons (Fsp3) is 0.174. The number of hydrogen-bond donors (Lipinski definition) is 3. The third-order valence-electron chi connectivity index (χ3n) is 4.63. The lowest BCUT2D eigenvalue weighted by atomic mass is 10.1. The lowest BCUT2D eigenvalue weighted by molar-refractivity contribution is 0.102. The first-order valence-electron chi connectivity index (χ1n) is 9.34. The Morgan fingerprint density at radius 2 is 1.50 bits per heavy atom. The number of anilines is 3. The number of ether oxygens (including phenoxy) is 3. The monoisotopic (exact) mass is 407 g/mol. The van der Waals surface area contributed by atoms with E-state index in [0.29, 0.717) is 40.7 Å². The molecule has 156 valence electrons. The van der Waals surface area contributed by atoms with Crippen LogP contribution in [0.1, 0.15) is 15.9 Å². The molecule has 1 amide bonds. The molecule has 0 saturated carbocycles. The highest BCUT2D eigenvalue weighted by atomic mass is 16.5. The van der Waals surface area contributed by atoms with Crippen LogP contribution in [-0.4, -0.2) is 27.2 Å². The number of nitrogen functional groups attached to an aromatic ring is 1. The number of rotatable bonds is 8. The maximum Gasteiger partial charge on any atom is 0.255 e. The molecule has 7 heteroatoms. The number of hydrogen-bond acceptors (Lipinski definition) is 6. The van der Waals surface area contributed by atoms with Gasteiger partial charge in [-0.2, -0.15) is 0 Å². The lowest BCUT2D eigenvalue weighted by Gasteiger charge is -2.15. The topological polar surface area (TPSA) is 94.8 Å². The summed E-state index contributed by atoms with van der Waals surface area (Å²) >= 11 is 0. The molecule has 0 unspecified atom stereocenters. The van der Waals surface area contributed by atoms with E-state index in [0.717, 1.165) is 11.3 Å². The third kappa shape index (κ3) is 4.75. The van der Waals surface area contributed by atoms with Crippen LogP contribution in [0.25, 0.3) is 0 Å². The molecule has 0 aliphatic heterocycles. The molecule has 3 aromatic carbocycles. The fourth-order valence-corrected chi connectivity index (χ4v) is 2.97. The molecule has 0 aliphatic carbocycles. The van der Waals surface area contributed by atoms with E-state index in [2.05, 4.69) is 10.6 Å². The van der Waals surface area contributed by atoms with E-state index in [4.69, 9.17) is 19.9 Å². The van der Waals surface area contributed by atoms with Gasteiger partial charge in [-0.05, 0) is 42.5 Å². The summed E-state index contributed by atoms with van der Waals surface area (Å²) in [7, 11) is 4.78. The van der Waals surface area contributed by atoms with Gasteiger partial charge in [0, 0.05) is 29.4 Å². The van der Waals surface area contributed by atoms with Crippen LogP contribution in [0.4, 0.5) is 17.1 Å². The van der Waals surface area contributed by atoms with Crippen LogP contribution < -0.4 is 30.6 Å². The number of carbonyl (C=O) groups excluding carboxylic acids is 1. The summed E-state index contributed by atoms with van der Waals surface area (Å²) in [6.07, 6.45) is 0. The van der Waals surface area contributed by atoms with Crippen molar-refractivity contribution in [1.82, 2.24) is 0 Å². The highest BCUT2D eigenvalue weighted by Gasteiger charge is 2.12. The van der Waals surface area contributed by atoms with Crippen molar-refractivity contribution >= 4 is 23.0 Å². The number of nitrogens with two attached hydrogens (primary N) is 1. The Balaban J connectivity index is 1.68. The summed E-state index contributed by atoms with van der Waals surface area (Å²) in [4.78, 5) is 12.4. The zero-order chi connectivity index (χ0) is 21.5. The molecule has 0 bridgehead atoms. The minimum atomic E-state index is -0.221. The predicted octanol–water partition coefficient (Wildman–Crippen LogP) is 4.16. The van der Waals surface area contributed by atoms with E-state index in [1.54, 1.807) is 51.7 Å². The van der Waals surface area contributed by atoms with Crippen molar-refractivity contribution in [2.45, 2.75) is 6.54 Å². The van der Waals surface area contributed by atoms with Gasteiger partial charge in [-0.15, -0.1) is 0 Å². The molecule has 30 heavy (non-hydrogen) atoms. The van der Waals surface area contributed by atoms with E-state index >= 15 is 0 Å². The summed E-state index contributed by atoms with van der Waals surface area (Å²) in [5.74, 6) is 1.70. The molecule has 0 spiro atoms. The smallest absolute Gasteiger partial charge is 0.255 e. The molecule has 4 N–H and O–H groups in total. The van der Waals surface area contributed by atoms with Gasteiger partial charge >= 0.3 is 0 Å². The average molecular weight is 407 g/mol. The summed E-state index contributed by atoms with van der Waals surface area (Å²) in [6.45, 7) is 0.510. The van der Waals surface area contributed by atoms with Crippen LogP contribution in [0, 0.1) is 0 Å². The quantitative estimate of drug-likeness (QED) is 0.486. The molecule has 3 aromatic rings. The molecule has 0 radical (unpaired) electrons. The second-order valence-corrected chi connectivity index (χ2v) is 6.49. The van der Waals surface area contributed by atoms with Crippen LogP contribution >= 0.6 is 0 Å². The van der Waals surface area contributed by atoms with Gasteiger partial charge in [0.15, 0.2) is 11.5 Å². The molecule has 0 aromatic heterocycles. The van der Waals surface area contributed by atoms with Gasteiger partial charge in [0.2, 0.25) is 0 Å². The molecule has 0 aliphatic rings. The van der Waals surface area contributed by atoms with E-state index in [-0.39, 0.29) is 5.91 Å². The predicted molar refractivity (Wildman–Crippen MR) is 119 cm³/mol. The molecule has 7 nitrogen and oxygen atoms in total. The van der Waals surface area contributed by atoms with Gasteiger partial charge in [-0.1, -0.05) is 12.1 Å². The zero-order valence-electron chi connectivity index (χ0n) is 17.2. The van der Waals surface area contributed by atoms with Crippen LogP contribution in [0.5, 0.6) is 17.2 Å². The third-order valence-corrected chi connectivity index (χ3v) is 4.63. The van der Waals surface area contributed by atoms with Crippen molar-refractivity contribution in [3.05, 3.63) is 71.8 Å².